The van der Waals surface area contributed by atoms with E-state index in [0.717, 1.165) is 29.8 Å². The number of hydrogen-bond acceptors (Lipinski definition) is 6. The second-order valence-corrected chi connectivity index (χ2v) is 7.95. The molecule has 2 aromatic heterocycles. The van der Waals surface area contributed by atoms with Crippen LogP contribution in [0.4, 0.5) is 5.69 Å². The summed E-state index contributed by atoms with van der Waals surface area (Å²) in [7, 11) is 0. The van der Waals surface area contributed by atoms with Gasteiger partial charge in [-0.15, -0.1) is 0 Å². The molecule has 3 aromatic rings. The van der Waals surface area contributed by atoms with Gasteiger partial charge >= 0.3 is 0 Å². The van der Waals surface area contributed by atoms with Crippen molar-refractivity contribution < 1.29 is 9.59 Å². The minimum atomic E-state index is -0.555. The topological polar surface area (TPSA) is 114 Å². The van der Waals surface area contributed by atoms with E-state index in [-0.39, 0.29) is 11.9 Å². The first-order chi connectivity index (χ1) is 15.4. The first-order valence-electron chi connectivity index (χ1n) is 10.6. The van der Waals surface area contributed by atoms with Crippen molar-refractivity contribution >= 4 is 17.5 Å². The summed E-state index contributed by atoms with van der Waals surface area (Å²) in [6, 6.07) is 11.3. The molecule has 0 saturated carbocycles. The predicted octanol–water partition coefficient (Wildman–Crippen LogP) is 3.18. The number of nitrogens with two attached hydrogens (primary N) is 1. The number of pyridine rings is 1. The number of anilines is 1. The van der Waals surface area contributed by atoms with Crippen molar-refractivity contribution in [2.24, 2.45) is 5.73 Å². The van der Waals surface area contributed by atoms with E-state index in [0.29, 0.717) is 35.7 Å². The molecule has 1 aromatic carbocycles. The van der Waals surface area contributed by atoms with Crippen LogP contribution in [0.25, 0.3) is 0 Å². The monoisotopic (exact) mass is 430 g/mol. The molecule has 0 aliphatic carbocycles. The summed E-state index contributed by atoms with van der Waals surface area (Å²) in [6.45, 7) is 4.96. The van der Waals surface area contributed by atoms with Crippen LogP contribution in [0.15, 0.2) is 48.8 Å². The maximum atomic E-state index is 13.3. The third kappa shape index (κ3) is 4.44. The molecule has 8 nitrogen and oxygen atoms in total. The number of carbonyl (C=O) groups is 2. The zero-order chi connectivity index (χ0) is 22.7. The first kappa shape index (κ1) is 21.4. The number of nitrogens with one attached hydrogen (secondary N) is 1. The molecule has 2 amide bonds. The molecule has 0 spiro atoms. The van der Waals surface area contributed by atoms with Gasteiger partial charge in [0.15, 0.2) is 5.82 Å². The van der Waals surface area contributed by atoms with Gasteiger partial charge < -0.3 is 16.0 Å². The molecule has 0 unspecified atom stereocenters. The molecule has 32 heavy (non-hydrogen) atoms. The lowest BCUT2D eigenvalue weighted by molar-refractivity contribution is 0.0729. The molecule has 164 valence electrons. The Hall–Kier alpha value is -3.81. The van der Waals surface area contributed by atoms with Crippen molar-refractivity contribution in [2.75, 3.05) is 11.9 Å². The van der Waals surface area contributed by atoms with E-state index in [2.05, 4.69) is 20.3 Å². The Morgan fingerprint density at radius 3 is 2.72 bits per heavy atom. The summed E-state index contributed by atoms with van der Waals surface area (Å²) in [4.78, 5) is 39.7. The van der Waals surface area contributed by atoms with E-state index in [1.165, 1.54) is 6.20 Å². The fourth-order valence-corrected chi connectivity index (χ4v) is 4.02. The minimum Gasteiger partial charge on any atom is -0.379 e. The number of nitrogens with zero attached hydrogens (tertiary/aromatic N) is 4. The average Bonchev–Trinajstić information content (AvgIpc) is 3.28. The van der Waals surface area contributed by atoms with Gasteiger partial charge in [0.2, 0.25) is 0 Å². The SMILES string of the molecule is Cc1cc(C(=O)N2CCC[C@H]2c2ncc(C(N)=O)c(C)n2)ccc1NCc1ccccn1. The molecule has 1 fully saturated rings. The van der Waals surface area contributed by atoms with Gasteiger partial charge in [-0.05, 0) is 62.6 Å². The molecule has 1 aliphatic rings. The Labute approximate surface area is 186 Å². The molecule has 1 saturated heterocycles. The molecule has 1 aliphatic heterocycles. The number of hydrogen-bond donors (Lipinski definition) is 2. The molecule has 3 heterocycles. The maximum absolute atomic E-state index is 13.3. The summed E-state index contributed by atoms with van der Waals surface area (Å²) in [5.74, 6) is -0.0588. The van der Waals surface area contributed by atoms with E-state index in [4.69, 9.17) is 5.73 Å². The van der Waals surface area contributed by atoms with Gasteiger partial charge in [-0.3, -0.25) is 14.6 Å². The first-order valence-corrected chi connectivity index (χ1v) is 10.6. The summed E-state index contributed by atoms with van der Waals surface area (Å²) in [5.41, 5.74) is 9.71. The molecule has 3 N–H and O–H groups in total. The molecule has 0 bridgehead atoms. The van der Waals surface area contributed by atoms with Gasteiger partial charge in [0.1, 0.15) is 0 Å². The molecule has 0 radical (unpaired) electrons. The van der Waals surface area contributed by atoms with Gasteiger partial charge in [-0.1, -0.05) is 6.07 Å². The van der Waals surface area contributed by atoms with Gasteiger partial charge in [-0.2, -0.15) is 0 Å². The summed E-state index contributed by atoms with van der Waals surface area (Å²) >= 11 is 0. The number of primary amides is 1. The number of rotatable bonds is 6. The quantitative estimate of drug-likeness (QED) is 0.621. The van der Waals surface area contributed by atoms with Crippen LogP contribution in [0.2, 0.25) is 0 Å². The van der Waals surface area contributed by atoms with Crippen LogP contribution in [-0.4, -0.2) is 38.2 Å². The highest BCUT2D eigenvalue weighted by atomic mass is 16.2. The lowest BCUT2D eigenvalue weighted by Gasteiger charge is -2.24. The molecule has 1 atom stereocenters. The Kier molecular flexibility index (Phi) is 6.11. The van der Waals surface area contributed by atoms with Crippen LogP contribution in [0.1, 0.15) is 62.4 Å². The van der Waals surface area contributed by atoms with Crippen LogP contribution < -0.4 is 11.1 Å². The fraction of sp³-hybridized carbons (Fsp3) is 0.292. The van der Waals surface area contributed by atoms with Gasteiger partial charge in [0, 0.05) is 30.2 Å². The Morgan fingerprint density at radius 2 is 2.03 bits per heavy atom. The fourth-order valence-electron chi connectivity index (χ4n) is 4.02. The minimum absolute atomic E-state index is 0.0490. The Balaban J connectivity index is 1.50. The molecular weight excluding hydrogens is 404 g/mol. The molecular formula is C24H26N6O2. The van der Waals surface area contributed by atoms with E-state index < -0.39 is 5.91 Å². The second kappa shape index (κ2) is 9.13. The Bertz CT molecular complexity index is 1150. The van der Waals surface area contributed by atoms with Crippen molar-refractivity contribution in [3.8, 4) is 0 Å². The normalized spacial score (nSPS) is 15.6. The zero-order valence-corrected chi connectivity index (χ0v) is 18.2. The third-order valence-corrected chi connectivity index (χ3v) is 5.73. The van der Waals surface area contributed by atoms with Gasteiger partial charge in [0.25, 0.3) is 11.8 Å². The van der Waals surface area contributed by atoms with Crippen LogP contribution in [0.3, 0.4) is 0 Å². The van der Waals surface area contributed by atoms with Crippen molar-refractivity contribution in [3.05, 3.63) is 82.7 Å². The maximum Gasteiger partial charge on any atom is 0.254 e. The highest BCUT2D eigenvalue weighted by Crippen LogP contribution is 2.32. The number of aryl methyl sites for hydroxylation is 2. The lowest BCUT2D eigenvalue weighted by Crippen LogP contribution is -2.32. The van der Waals surface area contributed by atoms with Gasteiger partial charge in [0.05, 0.1) is 29.5 Å². The number of amides is 2. The lowest BCUT2D eigenvalue weighted by atomic mass is 10.1. The number of aromatic nitrogens is 3. The van der Waals surface area contributed by atoms with E-state index >= 15 is 0 Å². The van der Waals surface area contributed by atoms with Crippen LogP contribution in [0, 0.1) is 13.8 Å². The molecule has 8 heteroatoms. The van der Waals surface area contributed by atoms with Crippen LogP contribution in [-0.2, 0) is 6.54 Å². The largest absolute Gasteiger partial charge is 0.379 e. The summed E-state index contributed by atoms with van der Waals surface area (Å²) in [5, 5.41) is 3.37. The van der Waals surface area contributed by atoms with E-state index in [9.17, 15) is 9.59 Å². The molecule has 4 rings (SSSR count). The van der Waals surface area contributed by atoms with Crippen molar-refractivity contribution in [2.45, 2.75) is 39.3 Å². The average molecular weight is 431 g/mol. The standard InChI is InChI=1S/C24H26N6O2/c1-15-12-17(8-9-20(15)27-13-18-6-3-4-10-26-18)24(32)30-11-5-7-21(30)23-28-14-19(22(25)31)16(2)29-23/h3-4,6,8-10,12,14,21,27H,5,7,11,13H2,1-2H3,(H2,25,31)/t21-/m0/s1. The van der Waals surface area contributed by atoms with E-state index in [1.54, 1.807) is 13.1 Å². The van der Waals surface area contributed by atoms with Crippen molar-refractivity contribution in [1.29, 1.82) is 0 Å². The zero-order valence-electron chi connectivity index (χ0n) is 18.2. The highest BCUT2D eigenvalue weighted by molar-refractivity contribution is 5.95. The predicted molar refractivity (Wildman–Crippen MR) is 121 cm³/mol. The smallest absolute Gasteiger partial charge is 0.254 e. The van der Waals surface area contributed by atoms with E-state index in [1.807, 2.05) is 48.2 Å². The number of likely N-dealkylation sites (tertiary alicyclic amines) is 1. The number of carbonyl (C=O) groups excluding carboxylic acids is 2. The summed E-state index contributed by atoms with van der Waals surface area (Å²) in [6.07, 6.45) is 4.88. The Morgan fingerprint density at radius 1 is 1.19 bits per heavy atom. The highest BCUT2D eigenvalue weighted by Gasteiger charge is 2.33. The summed E-state index contributed by atoms with van der Waals surface area (Å²) < 4.78 is 0. The van der Waals surface area contributed by atoms with Crippen molar-refractivity contribution in [1.82, 2.24) is 19.9 Å². The van der Waals surface area contributed by atoms with Gasteiger partial charge in [-0.25, -0.2) is 9.97 Å². The van der Waals surface area contributed by atoms with Crippen molar-refractivity contribution in [3.63, 3.8) is 0 Å². The van der Waals surface area contributed by atoms with Crippen LogP contribution in [0.5, 0.6) is 0 Å². The number of benzene rings is 1. The third-order valence-electron chi connectivity index (χ3n) is 5.73. The van der Waals surface area contributed by atoms with Crippen LogP contribution >= 0.6 is 0 Å². The second-order valence-electron chi connectivity index (χ2n) is 7.95.